The number of hydrogen-bond acceptors (Lipinski definition) is 13. The Morgan fingerprint density at radius 2 is 1.88 bits per heavy atom. The van der Waals surface area contributed by atoms with E-state index in [9.17, 15) is 39.6 Å². The second-order valence-corrected chi connectivity index (χ2v) is 12.4. The Balaban J connectivity index is 1.49. The zero-order valence-corrected chi connectivity index (χ0v) is 24.3. The summed E-state index contributed by atoms with van der Waals surface area (Å²) in [7, 11) is 0. The molecule has 224 valence electrons. The van der Waals surface area contributed by atoms with Gasteiger partial charge in [0.2, 0.25) is 5.60 Å². The Morgan fingerprint density at radius 1 is 1.19 bits per heavy atom. The fourth-order valence-corrected chi connectivity index (χ4v) is 6.52. The third-order valence-electron chi connectivity index (χ3n) is 6.75. The summed E-state index contributed by atoms with van der Waals surface area (Å²) in [5, 5.41) is 46.8. The van der Waals surface area contributed by atoms with E-state index in [1.165, 1.54) is 49.3 Å². The molecule has 2 amide bonds. The van der Waals surface area contributed by atoms with Crippen LogP contribution in [-0.2, 0) is 24.0 Å². The fraction of sp³-hybridized carbons (Fsp3) is 0.269. The molecule has 7 N–H and O–H groups in total. The van der Waals surface area contributed by atoms with Crippen LogP contribution in [0.5, 0.6) is 11.5 Å². The number of phenolic OH excluding ortho intramolecular Hbond substituents is 2. The summed E-state index contributed by atoms with van der Waals surface area (Å²) in [6, 6.07) is 2.99. The van der Waals surface area contributed by atoms with E-state index >= 15 is 0 Å². The summed E-state index contributed by atoms with van der Waals surface area (Å²) < 4.78 is 0. The number of β-lactam (4-membered cyclic amide) rings is 1. The fourth-order valence-electron chi connectivity index (χ4n) is 4.52. The number of nitrogen functional groups attached to an aromatic ring is 1. The highest BCUT2D eigenvalue weighted by atomic mass is 32.2. The molecule has 1 saturated heterocycles. The van der Waals surface area contributed by atoms with Gasteiger partial charge in [-0.25, -0.2) is 14.6 Å². The van der Waals surface area contributed by atoms with Crippen LogP contribution in [0.1, 0.15) is 32.2 Å². The number of anilines is 1. The molecule has 43 heavy (non-hydrogen) atoms. The predicted molar refractivity (Wildman–Crippen MR) is 155 cm³/mol. The number of carbonyl (C=O) groups is 4. The average molecular weight is 629 g/mol. The quantitative estimate of drug-likeness (QED) is 0.0899. The first kappa shape index (κ1) is 29.6. The highest BCUT2D eigenvalue weighted by Gasteiger charge is 2.56. The number of carboxylic acid groups (broad SMARTS) is 2. The molecule has 4 heterocycles. The smallest absolute Gasteiger partial charge is 0.353 e. The van der Waals surface area contributed by atoms with Gasteiger partial charge in [0.1, 0.15) is 22.8 Å². The van der Waals surface area contributed by atoms with Gasteiger partial charge in [-0.3, -0.25) is 19.5 Å². The summed E-state index contributed by atoms with van der Waals surface area (Å²) in [5.74, 6) is -5.18. The molecule has 3 aromatic rings. The number of phenols is 2. The zero-order valence-electron chi connectivity index (χ0n) is 22.6. The summed E-state index contributed by atoms with van der Waals surface area (Å²) in [4.78, 5) is 65.3. The van der Waals surface area contributed by atoms with Crippen molar-refractivity contribution in [3.05, 3.63) is 46.9 Å². The molecule has 0 spiro atoms. The third kappa shape index (κ3) is 5.16. The van der Waals surface area contributed by atoms with E-state index in [4.69, 9.17) is 10.6 Å². The molecule has 3 atom stereocenters. The number of nitrogens with zero attached hydrogens (tertiary/aromatic N) is 4. The van der Waals surface area contributed by atoms with Crippen molar-refractivity contribution < 1.29 is 44.4 Å². The number of thioether (sulfide) groups is 1. The number of rotatable bonds is 8. The molecule has 0 radical (unpaired) electrons. The topological polar surface area (TPSA) is 238 Å². The zero-order chi connectivity index (χ0) is 31.4. The van der Waals surface area contributed by atoms with Gasteiger partial charge >= 0.3 is 11.9 Å². The molecule has 0 bridgehead atoms. The summed E-state index contributed by atoms with van der Waals surface area (Å²) in [6.07, 6.45) is 1.42. The van der Waals surface area contributed by atoms with Crippen molar-refractivity contribution in [3.63, 3.8) is 0 Å². The molecule has 2 aliphatic heterocycles. The minimum Gasteiger partial charge on any atom is -0.504 e. The first-order valence-electron chi connectivity index (χ1n) is 12.5. The van der Waals surface area contributed by atoms with E-state index in [2.05, 4.69) is 20.4 Å². The average Bonchev–Trinajstić information content (AvgIpc) is 3.37. The van der Waals surface area contributed by atoms with Gasteiger partial charge in [-0.2, -0.15) is 0 Å². The summed E-state index contributed by atoms with van der Waals surface area (Å²) >= 11 is 2.20. The van der Waals surface area contributed by atoms with Gasteiger partial charge in [0.15, 0.2) is 22.3 Å². The number of fused-ring (bicyclic) bond motifs is 2. The van der Waals surface area contributed by atoms with Crippen molar-refractivity contribution in [1.82, 2.24) is 20.2 Å². The largest absolute Gasteiger partial charge is 0.504 e. The molecule has 2 aromatic heterocycles. The first-order chi connectivity index (χ1) is 20.2. The van der Waals surface area contributed by atoms with Gasteiger partial charge in [0, 0.05) is 27.8 Å². The van der Waals surface area contributed by atoms with Crippen LogP contribution in [0.4, 0.5) is 5.13 Å². The molecule has 17 heteroatoms. The second-order valence-electron chi connectivity index (χ2n) is 10.0. The number of amides is 2. The highest BCUT2D eigenvalue weighted by molar-refractivity contribution is 8.01. The lowest BCUT2D eigenvalue weighted by molar-refractivity contribution is -0.161. The number of benzene rings is 1. The number of oxime groups is 1. The number of carbonyl (C=O) groups excluding carboxylic acids is 2. The molecule has 0 aliphatic carbocycles. The molecule has 0 saturated carbocycles. The van der Waals surface area contributed by atoms with Gasteiger partial charge < -0.3 is 36.3 Å². The van der Waals surface area contributed by atoms with Crippen LogP contribution >= 0.6 is 23.1 Å². The van der Waals surface area contributed by atoms with E-state index in [-0.39, 0.29) is 33.5 Å². The summed E-state index contributed by atoms with van der Waals surface area (Å²) in [5.41, 5.74) is 3.53. The Bertz CT molecular complexity index is 1770. The molecular weight excluding hydrogens is 604 g/mol. The molecule has 1 fully saturated rings. The van der Waals surface area contributed by atoms with E-state index < -0.39 is 57.5 Å². The monoisotopic (exact) mass is 628 g/mol. The Kier molecular flexibility index (Phi) is 7.39. The van der Waals surface area contributed by atoms with Gasteiger partial charge in [0.25, 0.3) is 11.8 Å². The van der Waals surface area contributed by atoms with Crippen LogP contribution in [0.15, 0.2) is 40.6 Å². The van der Waals surface area contributed by atoms with E-state index in [0.29, 0.717) is 10.8 Å². The number of pyridine rings is 1. The van der Waals surface area contributed by atoms with Gasteiger partial charge in [0.05, 0.1) is 5.69 Å². The minimum atomic E-state index is -1.80. The van der Waals surface area contributed by atoms with Crippen molar-refractivity contribution in [2.45, 2.75) is 43.0 Å². The van der Waals surface area contributed by atoms with Crippen LogP contribution < -0.4 is 11.1 Å². The van der Waals surface area contributed by atoms with Gasteiger partial charge in [-0.1, -0.05) is 5.16 Å². The molecule has 1 aromatic carbocycles. The van der Waals surface area contributed by atoms with Crippen molar-refractivity contribution in [3.8, 4) is 11.5 Å². The predicted octanol–water partition coefficient (Wildman–Crippen LogP) is 1.55. The number of nitrogens with two attached hydrogens (primary N) is 1. The van der Waals surface area contributed by atoms with Crippen molar-refractivity contribution in [2.24, 2.45) is 5.16 Å². The van der Waals surface area contributed by atoms with Crippen molar-refractivity contribution in [2.75, 3.05) is 5.73 Å². The maximum absolute atomic E-state index is 13.4. The Hall–Kier alpha value is -4.90. The lowest BCUT2D eigenvalue weighted by atomic mass is 9.95. The highest BCUT2D eigenvalue weighted by Crippen LogP contribution is 2.48. The Labute approximate surface area is 250 Å². The van der Waals surface area contributed by atoms with Crippen LogP contribution in [0, 0.1) is 0 Å². The number of nitrogens with one attached hydrogen (secondary N) is 1. The van der Waals surface area contributed by atoms with E-state index in [1.807, 2.05) is 0 Å². The number of hydrogen-bond donors (Lipinski definition) is 6. The maximum Gasteiger partial charge on any atom is 0.353 e. The van der Waals surface area contributed by atoms with Crippen LogP contribution in [-0.4, -0.2) is 87.0 Å². The first-order valence-corrected chi connectivity index (χ1v) is 14.3. The second kappa shape index (κ2) is 10.7. The van der Waals surface area contributed by atoms with Crippen LogP contribution in [0.2, 0.25) is 0 Å². The standard InChI is InChI=1S/C26H24N6O9S2/c1-9-15(16-11-7-14(34)13(33)6-10(11)4-5-28-16)19(23(37)38)32-21(36)18(22(32)43-9)30-20(35)17(12-8-42-25(27)29-12)31-41-26(2,3)24(39)40/h4-9,18,22,33-34H,1-3H3,(H2,27,29)(H,30,35)(H,37,38)(H,39,40)/t9?,18-,22-/m1/s1. The van der Waals surface area contributed by atoms with E-state index in [0.717, 1.165) is 16.2 Å². The van der Waals surface area contributed by atoms with E-state index in [1.54, 1.807) is 13.0 Å². The van der Waals surface area contributed by atoms with Gasteiger partial charge in [-0.15, -0.1) is 23.1 Å². The lowest BCUT2D eigenvalue weighted by Gasteiger charge is -2.51. The van der Waals surface area contributed by atoms with Crippen molar-refractivity contribution in [1.29, 1.82) is 0 Å². The third-order valence-corrected chi connectivity index (χ3v) is 8.83. The lowest BCUT2D eigenvalue weighted by Crippen LogP contribution is -2.71. The van der Waals surface area contributed by atoms with Crippen LogP contribution in [0.25, 0.3) is 16.3 Å². The molecule has 5 rings (SSSR count). The minimum absolute atomic E-state index is 0.0146. The summed E-state index contributed by atoms with van der Waals surface area (Å²) in [6.45, 7) is 4.17. The normalized spacial score (nSPS) is 20.4. The molecule has 1 unspecified atom stereocenters. The SMILES string of the molecule is CC1S[C@@H]2[C@H](NC(=O)C(=NOC(C)(C)C(=O)O)c3csc(N)n3)C(=O)N2C(C(=O)O)=C1c1nccc2cc(O)c(O)cc12. The molecule has 15 nitrogen and oxygen atoms in total. The number of aromatic hydroxyl groups is 2. The van der Waals surface area contributed by atoms with Crippen molar-refractivity contribution >= 4 is 74.0 Å². The number of thiazole rings is 1. The molecule has 2 aliphatic rings. The number of aromatic nitrogens is 2. The number of carboxylic acids is 2. The van der Waals surface area contributed by atoms with Gasteiger partial charge in [-0.05, 0) is 44.4 Å². The van der Waals surface area contributed by atoms with Crippen LogP contribution in [0.3, 0.4) is 0 Å². The Morgan fingerprint density at radius 3 is 2.51 bits per heavy atom. The number of aliphatic carboxylic acids is 2. The molecular formula is C26H24N6O9S2. The maximum atomic E-state index is 13.4.